The Bertz CT molecular complexity index is 2310. The largest absolute Gasteiger partial charge is 0.472 e. The number of hydrogen-bond acceptors (Lipinski definition) is 21. The molecule has 3 aromatic heterocycles. The lowest BCUT2D eigenvalue weighted by atomic mass is 10.1. The third-order valence-corrected chi connectivity index (χ3v) is 12.4. The Hall–Kier alpha value is -4.51. The Kier molecular flexibility index (Phi) is 14.7. The monoisotopic (exact) mass is 952 g/mol. The van der Waals surface area contributed by atoms with Gasteiger partial charge in [0.1, 0.15) is 59.9 Å². The van der Waals surface area contributed by atoms with Crippen LogP contribution < -0.4 is 22.5 Å². The second-order valence-electron chi connectivity index (χ2n) is 15.3. The van der Waals surface area contributed by atoms with Crippen LogP contribution in [0.2, 0.25) is 0 Å². The molecule has 0 aliphatic carbocycles. The van der Waals surface area contributed by atoms with E-state index in [2.05, 4.69) is 29.8 Å². The van der Waals surface area contributed by atoms with E-state index in [-0.39, 0.29) is 59.7 Å². The van der Waals surface area contributed by atoms with Gasteiger partial charge >= 0.3 is 39.5 Å². The number of alkyl carbamates (subject to hydrolysis) is 1. The molecule has 28 nitrogen and oxygen atoms in total. The van der Waals surface area contributed by atoms with Gasteiger partial charge in [-0.25, -0.2) is 43.3 Å². The van der Waals surface area contributed by atoms with E-state index < -0.39 is 107 Å². The van der Waals surface area contributed by atoms with Gasteiger partial charge in [-0.15, -0.1) is 11.8 Å². The molecule has 63 heavy (non-hydrogen) atoms. The number of phosphoric acid groups is 2. The fourth-order valence-corrected chi connectivity index (χ4v) is 9.22. The number of fused-ring (bicyclic) bond motifs is 1. The Morgan fingerprint density at radius 1 is 1.06 bits per heavy atom. The van der Waals surface area contributed by atoms with Crippen LogP contribution in [0.4, 0.5) is 21.2 Å². The number of hydrogen-bond donors (Lipinski definition) is 8. The van der Waals surface area contributed by atoms with Crippen LogP contribution in [-0.4, -0.2) is 150 Å². The van der Waals surface area contributed by atoms with Gasteiger partial charge in [0.25, 0.3) is 0 Å². The van der Waals surface area contributed by atoms with Gasteiger partial charge in [0.05, 0.1) is 25.4 Å². The minimum Gasteiger partial charge on any atom is -0.465 e. The van der Waals surface area contributed by atoms with Crippen molar-refractivity contribution < 1.29 is 80.9 Å². The summed E-state index contributed by atoms with van der Waals surface area (Å²) in [7, 11) is -10.4. The molecule has 348 valence electrons. The second kappa shape index (κ2) is 19.3. The highest BCUT2D eigenvalue weighted by atomic mass is 32.2. The summed E-state index contributed by atoms with van der Waals surface area (Å²) in [5.41, 5.74) is 9.86. The highest BCUT2D eigenvalue weighted by molar-refractivity contribution is 8.00. The van der Waals surface area contributed by atoms with Crippen molar-refractivity contribution in [3.63, 3.8) is 0 Å². The Labute approximate surface area is 360 Å². The number of carboxylic acid groups (broad SMARTS) is 1. The number of nitrogens with two attached hydrogens (primary N) is 2. The fraction of sp³-hybridized carbons (Fsp3) is 0.625. The maximum atomic E-state index is 14.0. The lowest BCUT2D eigenvalue weighted by molar-refractivity contribution is -0.159. The Balaban J connectivity index is 1.22. The first-order valence-electron chi connectivity index (χ1n) is 18.9. The number of anilines is 2. The maximum Gasteiger partial charge on any atom is 0.472 e. The van der Waals surface area contributed by atoms with E-state index in [0.29, 0.717) is 0 Å². The second-order valence-corrected chi connectivity index (χ2v) is 19.2. The van der Waals surface area contributed by atoms with E-state index in [4.69, 9.17) is 39.5 Å². The van der Waals surface area contributed by atoms with Gasteiger partial charge in [-0.05, 0) is 39.7 Å². The smallest absolute Gasteiger partial charge is 0.465 e. The van der Waals surface area contributed by atoms with Crippen molar-refractivity contribution in [3.05, 3.63) is 35.4 Å². The van der Waals surface area contributed by atoms with Gasteiger partial charge < -0.3 is 60.6 Å². The Morgan fingerprint density at radius 2 is 1.79 bits per heavy atom. The molecule has 3 saturated heterocycles. The molecule has 6 heterocycles. The van der Waals surface area contributed by atoms with Crippen molar-refractivity contribution in [1.29, 1.82) is 0 Å². The van der Waals surface area contributed by atoms with Crippen LogP contribution in [-0.2, 0) is 46.4 Å². The van der Waals surface area contributed by atoms with Gasteiger partial charge in [0.15, 0.2) is 23.8 Å². The molecule has 10 atom stereocenters. The van der Waals surface area contributed by atoms with Crippen LogP contribution in [0.15, 0.2) is 29.7 Å². The van der Waals surface area contributed by atoms with Crippen molar-refractivity contribution in [2.45, 2.75) is 99.9 Å². The number of imidazole rings is 1. The number of nitrogens with zero attached hydrogens (tertiary/aromatic N) is 7. The van der Waals surface area contributed by atoms with Gasteiger partial charge in [-0.2, -0.15) is 4.98 Å². The molecule has 31 heteroatoms. The van der Waals surface area contributed by atoms with E-state index >= 15 is 0 Å². The normalized spacial score (nSPS) is 26.7. The van der Waals surface area contributed by atoms with E-state index in [1.54, 1.807) is 20.8 Å². The summed E-state index contributed by atoms with van der Waals surface area (Å²) in [6.07, 6.45) is -9.53. The number of aromatic nitrogens is 6. The molecule has 0 saturated carbocycles. The summed E-state index contributed by atoms with van der Waals surface area (Å²) in [6.45, 7) is 3.15. The quantitative estimate of drug-likeness (QED) is 0.0694. The van der Waals surface area contributed by atoms with Crippen LogP contribution in [0.3, 0.4) is 0 Å². The van der Waals surface area contributed by atoms with Gasteiger partial charge in [-0.3, -0.25) is 27.6 Å². The number of nitrogens with one attached hydrogen (secondary N) is 1. The third kappa shape index (κ3) is 12.4. The summed E-state index contributed by atoms with van der Waals surface area (Å²) in [5, 5.41) is 23.3. The first kappa shape index (κ1) is 48.0. The van der Waals surface area contributed by atoms with Gasteiger partial charge in [-0.1, -0.05) is 0 Å². The molecule has 0 spiro atoms. The van der Waals surface area contributed by atoms with Crippen molar-refractivity contribution in [1.82, 2.24) is 39.3 Å². The minimum absolute atomic E-state index is 0.0180. The number of thioether (sulfide) groups is 1. The third-order valence-electron chi connectivity index (χ3n) is 9.56. The molecule has 0 aromatic carbocycles. The molecule has 10 N–H and O–H groups in total. The van der Waals surface area contributed by atoms with E-state index in [0.717, 1.165) is 10.9 Å². The van der Waals surface area contributed by atoms with E-state index in [1.807, 2.05) is 0 Å². The standard InChI is InChI=1S/C32H46N10O18P2S/c1-32(2,3)59-30(46)38-16(5-4-15-9-40(14-63-15)31(47)48)28(44)58-24-19(57-27(23(24)43)42-13-37-22-25(34)35-12-36-26(22)42)11-55-62(52,53)60-17-8-21(41-7-6-20(33)39-29(41)45)56-18(17)10-54-61(49,50)51/h6-7,12-13,15-19,21,23-24,27,43H,4-5,8-11,14H2,1-3H3,(H,38,46)(H,47,48)(H,52,53)(H2,33,39,45)(H2,34,35,36)(H2,49,50,51)/t15?,16-,17-,18+,19+,21+,23+,24+,27+/m0/s1. The molecular weight excluding hydrogens is 906 g/mol. The van der Waals surface area contributed by atoms with Gasteiger partial charge in [0.2, 0.25) is 0 Å². The summed E-state index contributed by atoms with van der Waals surface area (Å²) >= 11 is 1.33. The molecule has 3 aliphatic heterocycles. The van der Waals surface area contributed by atoms with Crippen LogP contribution in [0.5, 0.6) is 0 Å². The summed E-state index contributed by atoms with van der Waals surface area (Å²) in [4.78, 5) is 97.5. The number of aliphatic hydroxyl groups excluding tert-OH is 1. The number of phosphoric ester groups is 2. The zero-order valence-corrected chi connectivity index (χ0v) is 36.2. The van der Waals surface area contributed by atoms with Crippen LogP contribution in [0.1, 0.15) is 52.5 Å². The molecule has 3 fully saturated rings. The zero-order chi connectivity index (χ0) is 46.0. The first-order chi connectivity index (χ1) is 29.5. The fourth-order valence-electron chi connectivity index (χ4n) is 6.72. The summed E-state index contributed by atoms with van der Waals surface area (Å²) in [5.74, 6) is -1.04. The molecule has 6 rings (SSSR count). The lowest BCUT2D eigenvalue weighted by Gasteiger charge is -2.27. The SMILES string of the molecule is CC(C)(C)OC(=O)N[C@@H](CCC1CN(C(=O)O)CS1)C(=O)O[C@H]1[C@@H](O)[C@H](n2cnc3c(N)ncnc32)O[C@@H]1COP(=O)(O)O[C@H]1C[C@H](n2ccc(N)nc2=O)O[C@@H]1COP(=O)(O)O. The Morgan fingerprint density at radius 3 is 2.46 bits per heavy atom. The van der Waals surface area contributed by atoms with Crippen molar-refractivity contribution in [2.24, 2.45) is 0 Å². The number of carbonyl (C=O) groups excluding carboxylic acids is 2. The molecule has 2 amide bonds. The molecule has 0 radical (unpaired) electrons. The number of ether oxygens (including phenoxy) is 4. The van der Waals surface area contributed by atoms with E-state index in [9.17, 15) is 53.2 Å². The van der Waals surface area contributed by atoms with Gasteiger partial charge in [0, 0.05) is 24.4 Å². The number of aliphatic hydroxyl groups is 1. The molecule has 0 bridgehead atoms. The summed E-state index contributed by atoms with van der Waals surface area (Å²) < 4.78 is 65.4. The van der Waals surface area contributed by atoms with Crippen LogP contribution >= 0.6 is 27.4 Å². The average Bonchev–Trinajstić information content (AvgIpc) is 3.97. The molecule has 3 aliphatic rings. The minimum atomic E-state index is -5.27. The van der Waals surface area contributed by atoms with Crippen molar-refractivity contribution >= 4 is 68.4 Å². The first-order valence-corrected chi connectivity index (χ1v) is 23.0. The number of amides is 2. The summed E-state index contributed by atoms with van der Waals surface area (Å²) in [6, 6.07) is -0.159. The number of carbonyl (C=O) groups is 3. The maximum absolute atomic E-state index is 14.0. The highest BCUT2D eigenvalue weighted by Gasteiger charge is 2.50. The predicted octanol–water partition coefficient (Wildman–Crippen LogP) is 0.0431. The zero-order valence-electron chi connectivity index (χ0n) is 33.6. The van der Waals surface area contributed by atoms with Crippen molar-refractivity contribution in [3.8, 4) is 0 Å². The van der Waals surface area contributed by atoms with Crippen LogP contribution in [0.25, 0.3) is 11.2 Å². The molecule has 2 unspecified atom stereocenters. The number of esters is 1. The highest BCUT2D eigenvalue weighted by Crippen LogP contribution is 2.50. The topological polar surface area (TPSA) is 397 Å². The predicted molar refractivity (Wildman–Crippen MR) is 213 cm³/mol. The van der Waals surface area contributed by atoms with E-state index in [1.165, 1.54) is 39.8 Å². The molecule has 3 aromatic rings. The number of rotatable bonds is 16. The average molecular weight is 953 g/mol. The lowest BCUT2D eigenvalue weighted by Crippen LogP contribution is -2.48. The molecular formula is C32H46N10O18P2S. The number of nitrogen functional groups attached to an aromatic ring is 2. The van der Waals surface area contributed by atoms with Crippen molar-refractivity contribution in [2.75, 3.05) is 37.1 Å². The van der Waals surface area contributed by atoms with Crippen LogP contribution in [0, 0.1) is 0 Å².